The van der Waals surface area contributed by atoms with Crippen LogP contribution in [0, 0.1) is 0 Å². The van der Waals surface area contributed by atoms with Crippen molar-refractivity contribution in [3.05, 3.63) is 218 Å². The monoisotopic (exact) mass is 720 g/mol. The highest BCUT2D eigenvalue weighted by molar-refractivity contribution is 6.21. The molecule has 0 unspecified atom stereocenters. The minimum absolute atomic E-state index is 0.101. The largest absolute Gasteiger partial charge is 0.311 e. The summed E-state index contributed by atoms with van der Waals surface area (Å²) in [6, 6.07) is 76.7. The number of rotatable bonds is 8. The van der Waals surface area contributed by atoms with E-state index in [4.69, 9.17) is 0 Å². The molecular weight excluding hydrogens is 677 g/mol. The van der Waals surface area contributed by atoms with Gasteiger partial charge in [0.15, 0.2) is 0 Å². The fourth-order valence-electron chi connectivity index (χ4n) is 8.04. The van der Waals surface area contributed by atoms with Gasteiger partial charge in [-0.3, -0.25) is 0 Å². The summed E-state index contributed by atoms with van der Waals surface area (Å²) in [6.45, 7) is 6.82. The summed E-state index contributed by atoms with van der Waals surface area (Å²) in [5, 5.41) is 5.04. The minimum atomic E-state index is 0.101. The van der Waals surface area contributed by atoms with E-state index in [0.717, 1.165) is 34.1 Å². The van der Waals surface area contributed by atoms with E-state index in [9.17, 15) is 0 Å². The van der Waals surface area contributed by atoms with E-state index < -0.39 is 0 Å². The van der Waals surface area contributed by atoms with E-state index in [-0.39, 0.29) is 5.41 Å². The molecule has 0 saturated heterocycles. The first-order valence-electron chi connectivity index (χ1n) is 19.4. The lowest BCUT2D eigenvalue weighted by Gasteiger charge is -2.28. The second-order valence-electron chi connectivity index (χ2n) is 15.4. The third-order valence-corrected chi connectivity index (χ3v) is 10.8. The molecule has 0 aliphatic rings. The molecular formula is C54H44N2. The molecule has 0 aliphatic carbocycles. The van der Waals surface area contributed by atoms with Gasteiger partial charge in [0.1, 0.15) is 0 Å². The van der Waals surface area contributed by atoms with Crippen LogP contribution in [-0.2, 0) is 5.41 Å². The van der Waals surface area contributed by atoms with Gasteiger partial charge in [0.2, 0.25) is 0 Å². The number of anilines is 6. The Kier molecular flexibility index (Phi) is 9.17. The molecule has 270 valence electrons. The van der Waals surface area contributed by atoms with Gasteiger partial charge >= 0.3 is 0 Å². The number of hydrogen-bond acceptors (Lipinski definition) is 2. The summed E-state index contributed by atoms with van der Waals surface area (Å²) in [5.41, 5.74) is 13.1. The molecule has 9 aromatic carbocycles. The van der Waals surface area contributed by atoms with Crippen LogP contribution in [0.4, 0.5) is 34.1 Å². The van der Waals surface area contributed by atoms with Gasteiger partial charge in [0.25, 0.3) is 0 Å². The van der Waals surface area contributed by atoms with Crippen molar-refractivity contribution < 1.29 is 0 Å². The molecule has 0 heterocycles. The number of hydrogen-bond donors (Lipinski definition) is 0. The van der Waals surface area contributed by atoms with Crippen LogP contribution in [0.25, 0.3) is 43.8 Å². The molecule has 0 aromatic heterocycles. The third kappa shape index (κ3) is 6.61. The summed E-state index contributed by atoms with van der Waals surface area (Å²) < 4.78 is 0. The maximum Gasteiger partial charge on any atom is 0.0463 e. The molecule has 0 fully saturated rings. The van der Waals surface area contributed by atoms with E-state index in [1.165, 1.54) is 49.4 Å². The Bertz CT molecular complexity index is 2630. The second-order valence-corrected chi connectivity index (χ2v) is 15.4. The molecule has 0 spiro atoms. The standard InChI is InChI=1S/C54H44N2/c1-54(2,3)41-31-27-39(28-32-41)52-48-23-13-15-25-50(48)53(51-26-16-14-24-49(51)52)40-29-33-45(34-30-40)56(44-21-11-6-12-22-44)47-37-35-46(36-38-47)55(42-17-7-4-8-18-42)43-19-9-5-10-20-43/h4-38H,1-3H3. The van der Waals surface area contributed by atoms with Crippen molar-refractivity contribution in [3.8, 4) is 22.3 Å². The highest BCUT2D eigenvalue weighted by Gasteiger charge is 2.20. The zero-order valence-corrected chi connectivity index (χ0v) is 32.1. The first kappa shape index (κ1) is 34.8. The van der Waals surface area contributed by atoms with Crippen LogP contribution in [0.5, 0.6) is 0 Å². The van der Waals surface area contributed by atoms with E-state index in [2.05, 4.69) is 243 Å². The quantitative estimate of drug-likeness (QED) is 0.144. The van der Waals surface area contributed by atoms with E-state index in [0.29, 0.717) is 0 Å². The first-order valence-corrected chi connectivity index (χ1v) is 19.4. The fourth-order valence-corrected chi connectivity index (χ4v) is 8.04. The predicted molar refractivity (Wildman–Crippen MR) is 240 cm³/mol. The number of nitrogens with zero attached hydrogens (tertiary/aromatic N) is 2. The minimum Gasteiger partial charge on any atom is -0.311 e. The summed E-state index contributed by atoms with van der Waals surface area (Å²) in [4.78, 5) is 4.63. The molecule has 9 rings (SSSR count). The van der Waals surface area contributed by atoms with E-state index in [1.54, 1.807) is 0 Å². The molecule has 2 nitrogen and oxygen atoms in total. The van der Waals surface area contributed by atoms with Crippen LogP contribution in [0.3, 0.4) is 0 Å². The Morgan fingerprint density at radius 2 is 0.518 bits per heavy atom. The van der Waals surface area contributed by atoms with E-state index >= 15 is 0 Å². The molecule has 9 aromatic rings. The summed E-state index contributed by atoms with van der Waals surface area (Å²) in [6.07, 6.45) is 0. The Morgan fingerprint density at radius 1 is 0.268 bits per heavy atom. The van der Waals surface area contributed by atoms with Gasteiger partial charge in [0, 0.05) is 34.1 Å². The molecule has 0 amide bonds. The van der Waals surface area contributed by atoms with Crippen LogP contribution >= 0.6 is 0 Å². The van der Waals surface area contributed by atoms with Crippen molar-refractivity contribution in [1.29, 1.82) is 0 Å². The molecule has 0 atom stereocenters. The van der Waals surface area contributed by atoms with Gasteiger partial charge < -0.3 is 9.80 Å². The van der Waals surface area contributed by atoms with Crippen LogP contribution in [0.2, 0.25) is 0 Å². The zero-order valence-electron chi connectivity index (χ0n) is 32.1. The van der Waals surface area contributed by atoms with Crippen LogP contribution in [-0.4, -0.2) is 0 Å². The molecule has 0 bridgehead atoms. The van der Waals surface area contributed by atoms with Crippen LogP contribution in [0.15, 0.2) is 212 Å². The van der Waals surface area contributed by atoms with Crippen molar-refractivity contribution in [2.75, 3.05) is 9.80 Å². The number of benzene rings is 9. The van der Waals surface area contributed by atoms with Crippen molar-refractivity contribution in [1.82, 2.24) is 0 Å². The van der Waals surface area contributed by atoms with Crippen molar-refractivity contribution in [3.63, 3.8) is 0 Å². The lowest BCUT2D eigenvalue weighted by molar-refractivity contribution is 0.590. The average molecular weight is 721 g/mol. The summed E-state index contributed by atoms with van der Waals surface area (Å²) in [5.74, 6) is 0. The lowest BCUT2D eigenvalue weighted by Crippen LogP contribution is -2.12. The third-order valence-electron chi connectivity index (χ3n) is 10.8. The van der Waals surface area contributed by atoms with Crippen LogP contribution < -0.4 is 9.80 Å². The van der Waals surface area contributed by atoms with Gasteiger partial charge in [-0.15, -0.1) is 0 Å². The van der Waals surface area contributed by atoms with Crippen molar-refractivity contribution in [2.45, 2.75) is 26.2 Å². The number of para-hydroxylation sites is 3. The van der Waals surface area contributed by atoms with Crippen molar-refractivity contribution in [2.24, 2.45) is 0 Å². The Morgan fingerprint density at radius 3 is 0.821 bits per heavy atom. The Labute approximate surface area is 330 Å². The maximum absolute atomic E-state index is 2.34. The molecule has 2 heteroatoms. The average Bonchev–Trinajstić information content (AvgIpc) is 3.25. The van der Waals surface area contributed by atoms with Crippen LogP contribution in [0.1, 0.15) is 26.3 Å². The highest BCUT2D eigenvalue weighted by Crippen LogP contribution is 2.45. The molecule has 0 saturated carbocycles. The second kappa shape index (κ2) is 14.7. The molecule has 0 aliphatic heterocycles. The van der Waals surface area contributed by atoms with Crippen molar-refractivity contribution >= 4 is 55.7 Å². The van der Waals surface area contributed by atoms with Gasteiger partial charge in [-0.05, 0) is 128 Å². The summed E-state index contributed by atoms with van der Waals surface area (Å²) in [7, 11) is 0. The maximum atomic E-state index is 2.34. The smallest absolute Gasteiger partial charge is 0.0463 e. The Balaban J connectivity index is 1.13. The normalized spacial score (nSPS) is 11.5. The van der Waals surface area contributed by atoms with E-state index in [1.807, 2.05) is 0 Å². The highest BCUT2D eigenvalue weighted by atomic mass is 15.2. The van der Waals surface area contributed by atoms with Gasteiger partial charge in [-0.1, -0.05) is 160 Å². The molecule has 56 heavy (non-hydrogen) atoms. The molecule has 0 radical (unpaired) electrons. The zero-order chi connectivity index (χ0) is 38.1. The number of fused-ring (bicyclic) bond motifs is 2. The Hall–Kier alpha value is -6.90. The summed E-state index contributed by atoms with van der Waals surface area (Å²) >= 11 is 0. The van der Waals surface area contributed by atoms with Gasteiger partial charge in [0.05, 0.1) is 0 Å². The predicted octanol–water partition coefficient (Wildman–Crippen LogP) is 15.6. The van der Waals surface area contributed by atoms with Gasteiger partial charge in [-0.25, -0.2) is 0 Å². The topological polar surface area (TPSA) is 6.48 Å². The SMILES string of the molecule is CC(C)(C)c1ccc(-c2c3ccccc3c(-c3ccc(N(c4ccccc4)c4ccc(N(c5ccccc5)c5ccccc5)cc4)cc3)c3ccccc23)cc1. The first-order chi connectivity index (χ1) is 27.4. The molecule has 0 N–H and O–H groups in total. The fraction of sp³-hybridized carbons (Fsp3) is 0.0741. The lowest BCUT2D eigenvalue weighted by atomic mass is 9.83. The van der Waals surface area contributed by atoms with Gasteiger partial charge in [-0.2, -0.15) is 0 Å².